The summed E-state index contributed by atoms with van der Waals surface area (Å²) in [7, 11) is 0. The van der Waals surface area contributed by atoms with E-state index in [2.05, 4.69) is 47.5 Å². The van der Waals surface area contributed by atoms with Gasteiger partial charge in [-0.3, -0.25) is 0 Å². The first-order chi connectivity index (χ1) is 8.33. The van der Waals surface area contributed by atoms with Crippen molar-refractivity contribution in [2.45, 2.75) is 31.8 Å². The molecule has 2 heteroatoms. The minimum atomic E-state index is 0.480. The number of piperidine rings is 1. The lowest BCUT2D eigenvalue weighted by Crippen LogP contribution is -2.44. The summed E-state index contributed by atoms with van der Waals surface area (Å²) in [6.07, 6.45) is 2.71. The molecule has 0 amide bonds. The van der Waals surface area contributed by atoms with Gasteiger partial charge < -0.3 is 10.2 Å². The van der Waals surface area contributed by atoms with E-state index in [1.807, 2.05) is 0 Å². The van der Waals surface area contributed by atoms with Gasteiger partial charge in [0, 0.05) is 18.6 Å². The van der Waals surface area contributed by atoms with Crippen molar-refractivity contribution in [3.05, 3.63) is 35.9 Å². The van der Waals surface area contributed by atoms with Gasteiger partial charge in [-0.15, -0.1) is 0 Å². The van der Waals surface area contributed by atoms with Crippen molar-refractivity contribution in [1.82, 2.24) is 10.2 Å². The van der Waals surface area contributed by atoms with Crippen LogP contribution in [0, 0.1) is 5.92 Å². The molecule has 0 aliphatic carbocycles. The topological polar surface area (TPSA) is 15.3 Å². The van der Waals surface area contributed by atoms with Gasteiger partial charge in [-0.1, -0.05) is 30.3 Å². The van der Waals surface area contributed by atoms with Crippen molar-refractivity contribution >= 4 is 0 Å². The molecule has 2 bridgehead atoms. The molecule has 1 aromatic carbocycles. The average Bonchev–Trinajstić information content (AvgIpc) is 2.77. The summed E-state index contributed by atoms with van der Waals surface area (Å²) in [5, 5.41) is 3.84. The SMILES string of the molecule is CC(NC1CCN2CCC1C2)c1ccccc1. The van der Waals surface area contributed by atoms with Gasteiger partial charge in [0.05, 0.1) is 0 Å². The van der Waals surface area contributed by atoms with E-state index in [1.54, 1.807) is 0 Å². The Balaban J connectivity index is 1.63. The van der Waals surface area contributed by atoms with E-state index in [0.29, 0.717) is 6.04 Å². The summed E-state index contributed by atoms with van der Waals surface area (Å²) in [5.41, 5.74) is 1.41. The van der Waals surface area contributed by atoms with Crippen LogP contribution in [0.25, 0.3) is 0 Å². The number of hydrogen-bond acceptors (Lipinski definition) is 2. The molecule has 1 aromatic rings. The van der Waals surface area contributed by atoms with Crippen molar-refractivity contribution in [3.8, 4) is 0 Å². The molecule has 0 saturated carbocycles. The Labute approximate surface area is 104 Å². The first-order valence-corrected chi connectivity index (χ1v) is 6.86. The van der Waals surface area contributed by atoms with E-state index in [-0.39, 0.29) is 0 Å². The molecule has 2 heterocycles. The van der Waals surface area contributed by atoms with E-state index in [9.17, 15) is 0 Å². The van der Waals surface area contributed by atoms with Gasteiger partial charge in [0.1, 0.15) is 0 Å². The third-order valence-electron chi connectivity index (χ3n) is 4.40. The van der Waals surface area contributed by atoms with E-state index in [0.717, 1.165) is 12.0 Å². The molecule has 2 aliphatic heterocycles. The molecule has 4 atom stereocenters. The summed E-state index contributed by atoms with van der Waals surface area (Å²) in [4.78, 5) is 2.61. The van der Waals surface area contributed by atoms with E-state index < -0.39 is 0 Å². The molecule has 2 fully saturated rings. The molecule has 2 saturated heterocycles. The zero-order valence-electron chi connectivity index (χ0n) is 10.6. The molecule has 0 aromatic heterocycles. The lowest BCUT2D eigenvalue weighted by molar-refractivity contribution is 0.212. The third kappa shape index (κ3) is 2.38. The summed E-state index contributed by atoms with van der Waals surface area (Å²) in [6, 6.07) is 12.0. The average molecular weight is 230 g/mol. The highest BCUT2D eigenvalue weighted by Crippen LogP contribution is 2.28. The van der Waals surface area contributed by atoms with E-state index in [4.69, 9.17) is 0 Å². The van der Waals surface area contributed by atoms with E-state index in [1.165, 1.54) is 38.0 Å². The van der Waals surface area contributed by atoms with Crippen LogP contribution in [-0.2, 0) is 0 Å². The van der Waals surface area contributed by atoms with Crippen molar-refractivity contribution < 1.29 is 0 Å². The molecule has 3 rings (SSSR count). The first kappa shape index (κ1) is 11.2. The molecule has 0 spiro atoms. The van der Waals surface area contributed by atoms with Crippen LogP contribution in [0.1, 0.15) is 31.4 Å². The molecule has 4 unspecified atom stereocenters. The Morgan fingerprint density at radius 1 is 1.18 bits per heavy atom. The zero-order valence-corrected chi connectivity index (χ0v) is 10.6. The van der Waals surface area contributed by atoms with Gasteiger partial charge in [0.15, 0.2) is 0 Å². The van der Waals surface area contributed by atoms with Crippen LogP contribution in [0.4, 0.5) is 0 Å². The molecular weight excluding hydrogens is 208 g/mol. The highest BCUT2D eigenvalue weighted by Gasteiger charge is 2.34. The monoisotopic (exact) mass is 230 g/mol. The minimum absolute atomic E-state index is 0.480. The second-order valence-corrected chi connectivity index (χ2v) is 5.54. The van der Waals surface area contributed by atoms with Crippen molar-refractivity contribution in [3.63, 3.8) is 0 Å². The van der Waals surface area contributed by atoms with Gasteiger partial charge in [0.25, 0.3) is 0 Å². The van der Waals surface area contributed by atoms with Gasteiger partial charge in [-0.2, -0.15) is 0 Å². The van der Waals surface area contributed by atoms with Crippen LogP contribution >= 0.6 is 0 Å². The molecule has 92 valence electrons. The number of nitrogens with zero attached hydrogens (tertiary/aromatic N) is 1. The van der Waals surface area contributed by atoms with Crippen molar-refractivity contribution in [2.24, 2.45) is 5.92 Å². The number of nitrogens with one attached hydrogen (secondary N) is 1. The van der Waals surface area contributed by atoms with Crippen LogP contribution in [0.2, 0.25) is 0 Å². The number of rotatable bonds is 3. The smallest absolute Gasteiger partial charge is 0.0294 e. The lowest BCUT2D eigenvalue weighted by Gasteiger charge is -2.33. The molecule has 17 heavy (non-hydrogen) atoms. The van der Waals surface area contributed by atoms with Crippen LogP contribution in [0.3, 0.4) is 0 Å². The van der Waals surface area contributed by atoms with Gasteiger partial charge >= 0.3 is 0 Å². The van der Waals surface area contributed by atoms with Gasteiger partial charge in [-0.25, -0.2) is 0 Å². The highest BCUT2D eigenvalue weighted by molar-refractivity contribution is 5.18. The Hall–Kier alpha value is -0.860. The van der Waals surface area contributed by atoms with Crippen molar-refractivity contribution in [1.29, 1.82) is 0 Å². The summed E-state index contributed by atoms with van der Waals surface area (Å²) in [5.74, 6) is 0.884. The third-order valence-corrected chi connectivity index (χ3v) is 4.40. The van der Waals surface area contributed by atoms with Crippen molar-refractivity contribution in [2.75, 3.05) is 19.6 Å². The Kier molecular flexibility index (Phi) is 3.17. The maximum absolute atomic E-state index is 3.84. The molecule has 0 radical (unpaired) electrons. The maximum Gasteiger partial charge on any atom is 0.0294 e. The van der Waals surface area contributed by atoms with Crippen LogP contribution in [0.15, 0.2) is 30.3 Å². The summed E-state index contributed by atoms with van der Waals surface area (Å²) >= 11 is 0. The second-order valence-electron chi connectivity index (χ2n) is 5.54. The highest BCUT2D eigenvalue weighted by atomic mass is 15.2. The fourth-order valence-electron chi connectivity index (χ4n) is 3.33. The fourth-order valence-corrected chi connectivity index (χ4v) is 3.33. The standard InChI is InChI=1S/C15H22N2/c1-12(13-5-3-2-4-6-13)16-15-8-10-17-9-7-14(15)11-17/h2-6,12,14-16H,7-11H2,1H3. The second kappa shape index (κ2) is 4.79. The number of benzene rings is 1. The summed E-state index contributed by atoms with van der Waals surface area (Å²) < 4.78 is 0. The largest absolute Gasteiger partial charge is 0.307 e. The summed E-state index contributed by atoms with van der Waals surface area (Å²) in [6.45, 7) is 6.22. The molecule has 2 nitrogen and oxygen atoms in total. The molecule has 1 N–H and O–H groups in total. The number of hydrogen-bond donors (Lipinski definition) is 1. The predicted octanol–water partition coefficient (Wildman–Crippen LogP) is 2.43. The fraction of sp³-hybridized carbons (Fsp3) is 0.600. The van der Waals surface area contributed by atoms with Gasteiger partial charge in [0.2, 0.25) is 0 Å². The first-order valence-electron chi connectivity index (χ1n) is 6.86. The molecule has 2 aliphatic rings. The molecular formula is C15H22N2. The van der Waals surface area contributed by atoms with Gasteiger partial charge in [-0.05, 0) is 44.3 Å². The normalized spacial score (nSPS) is 33.6. The van der Waals surface area contributed by atoms with Crippen LogP contribution in [0.5, 0.6) is 0 Å². The van der Waals surface area contributed by atoms with E-state index >= 15 is 0 Å². The maximum atomic E-state index is 3.84. The lowest BCUT2D eigenvalue weighted by atomic mass is 9.93. The predicted molar refractivity (Wildman–Crippen MR) is 70.9 cm³/mol. The Morgan fingerprint density at radius 2 is 1.94 bits per heavy atom. The Bertz CT molecular complexity index is 362. The number of fused-ring (bicyclic) bond motifs is 2. The quantitative estimate of drug-likeness (QED) is 0.858. The Morgan fingerprint density at radius 3 is 2.76 bits per heavy atom. The van der Waals surface area contributed by atoms with Crippen LogP contribution < -0.4 is 5.32 Å². The van der Waals surface area contributed by atoms with Crippen LogP contribution in [-0.4, -0.2) is 30.6 Å². The minimum Gasteiger partial charge on any atom is -0.307 e. The zero-order chi connectivity index (χ0) is 11.7.